The summed E-state index contributed by atoms with van der Waals surface area (Å²) < 4.78 is 41.8. The molecular weight excluding hydrogens is 470 g/mol. The fourth-order valence-corrected chi connectivity index (χ4v) is 4.18. The van der Waals surface area contributed by atoms with Gasteiger partial charge in [-0.25, -0.2) is 18.4 Å². The van der Waals surface area contributed by atoms with Crippen LogP contribution in [-0.2, 0) is 26.0 Å². The van der Waals surface area contributed by atoms with E-state index in [1.165, 1.54) is 19.3 Å². The minimum absolute atomic E-state index is 0.0416. The molecule has 0 aromatic carbocycles. The predicted octanol–water partition coefficient (Wildman–Crippen LogP) is 2.73. The van der Waals surface area contributed by atoms with Gasteiger partial charge >= 0.3 is 0 Å². The van der Waals surface area contributed by atoms with Gasteiger partial charge in [-0.05, 0) is 32.9 Å². The molecule has 0 aliphatic rings. The molecule has 3 rings (SSSR count). The molecule has 0 spiro atoms. The van der Waals surface area contributed by atoms with Crippen LogP contribution in [0.5, 0.6) is 0 Å². The Bertz CT molecular complexity index is 1140. The van der Waals surface area contributed by atoms with Crippen molar-refractivity contribution in [1.82, 2.24) is 29.7 Å². The quantitative estimate of drug-likeness (QED) is 0.426. The van der Waals surface area contributed by atoms with E-state index in [9.17, 15) is 8.42 Å². The fraction of sp³-hybridized carbons (Fsp3) is 0.450. The van der Waals surface area contributed by atoms with Crippen LogP contribution >= 0.6 is 11.6 Å². The standard InChI is InChI=1S/C20H26ClN7O4S/c1-13(2)32-17(18-23-11-15(21)12-24-18)14(3)33(29,30)27-20-26-25-19(28(20)9-10-31-4)16-7-5-6-8-22-16/h5-8,11-14,17H,9-10H2,1-4H3,(H,26,27). The summed E-state index contributed by atoms with van der Waals surface area (Å²) in [7, 11) is -2.45. The number of sulfonamides is 1. The van der Waals surface area contributed by atoms with Crippen molar-refractivity contribution in [1.29, 1.82) is 0 Å². The van der Waals surface area contributed by atoms with Crippen LogP contribution in [-0.4, -0.2) is 63.2 Å². The number of aromatic nitrogens is 6. The van der Waals surface area contributed by atoms with Gasteiger partial charge in [0.15, 0.2) is 11.6 Å². The van der Waals surface area contributed by atoms with Gasteiger partial charge in [0.05, 0.1) is 24.3 Å². The number of nitrogens with one attached hydrogen (secondary N) is 1. The normalized spacial score (nSPS) is 13.8. The van der Waals surface area contributed by atoms with E-state index in [1.54, 1.807) is 43.9 Å². The van der Waals surface area contributed by atoms with E-state index in [2.05, 4.69) is 29.9 Å². The number of pyridine rings is 1. The Labute approximate surface area is 197 Å². The Morgan fingerprint density at radius 2 is 1.85 bits per heavy atom. The van der Waals surface area contributed by atoms with Crippen LogP contribution in [0, 0.1) is 0 Å². The maximum absolute atomic E-state index is 13.3. The molecule has 3 heterocycles. The maximum atomic E-state index is 13.3. The summed E-state index contributed by atoms with van der Waals surface area (Å²) in [4.78, 5) is 12.6. The molecule has 0 saturated carbocycles. The highest BCUT2D eigenvalue weighted by Crippen LogP contribution is 2.27. The first-order valence-corrected chi connectivity index (χ1v) is 12.1. The number of anilines is 1. The highest BCUT2D eigenvalue weighted by molar-refractivity contribution is 7.93. The summed E-state index contributed by atoms with van der Waals surface area (Å²) in [6, 6.07) is 5.35. The lowest BCUT2D eigenvalue weighted by atomic mass is 10.2. The van der Waals surface area contributed by atoms with Gasteiger partial charge in [0.2, 0.25) is 16.0 Å². The predicted molar refractivity (Wildman–Crippen MR) is 123 cm³/mol. The number of hydrogen-bond donors (Lipinski definition) is 1. The van der Waals surface area contributed by atoms with Crippen molar-refractivity contribution in [3.63, 3.8) is 0 Å². The molecule has 2 atom stereocenters. The zero-order chi connectivity index (χ0) is 24.0. The van der Waals surface area contributed by atoms with E-state index in [-0.39, 0.29) is 17.9 Å². The molecule has 0 radical (unpaired) electrons. The van der Waals surface area contributed by atoms with E-state index in [0.29, 0.717) is 29.7 Å². The zero-order valence-corrected chi connectivity index (χ0v) is 20.3. The minimum Gasteiger partial charge on any atom is -0.383 e. The molecule has 178 valence electrons. The first-order valence-electron chi connectivity index (χ1n) is 10.2. The molecule has 0 aliphatic carbocycles. The summed E-state index contributed by atoms with van der Waals surface area (Å²) in [6.07, 6.45) is 3.21. The van der Waals surface area contributed by atoms with Gasteiger partial charge in [-0.2, -0.15) is 0 Å². The molecule has 1 N–H and O–H groups in total. The zero-order valence-electron chi connectivity index (χ0n) is 18.7. The number of nitrogens with zero attached hydrogens (tertiary/aromatic N) is 6. The largest absolute Gasteiger partial charge is 0.383 e. The summed E-state index contributed by atoms with van der Waals surface area (Å²) in [5.41, 5.74) is 0.551. The van der Waals surface area contributed by atoms with Crippen molar-refractivity contribution in [3.8, 4) is 11.5 Å². The number of hydrogen-bond acceptors (Lipinski definition) is 9. The Morgan fingerprint density at radius 1 is 1.12 bits per heavy atom. The van der Waals surface area contributed by atoms with Crippen LogP contribution in [0.25, 0.3) is 11.5 Å². The van der Waals surface area contributed by atoms with E-state index in [4.69, 9.17) is 21.1 Å². The molecule has 0 amide bonds. The number of rotatable bonds is 11. The maximum Gasteiger partial charge on any atom is 0.240 e. The molecule has 3 aromatic heterocycles. The lowest BCUT2D eigenvalue weighted by Crippen LogP contribution is -2.35. The summed E-state index contributed by atoms with van der Waals surface area (Å²) >= 11 is 5.88. The Hall–Kier alpha value is -2.67. The average Bonchev–Trinajstić information content (AvgIpc) is 3.18. The topological polar surface area (TPSA) is 134 Å². The molecule has 13 heteroatoms. The highest BCUT2D eigenvalue weighted by atomic mass is 35.5. The summed E-state index contributed by atoms with van der Waals surface area (Å²) in [6.45, 7) is 5.75. The Balaban J connectivity index is 1.93. The minimum atomic E-state index is -4.01. The van der Waals surface area contributed by atoms with Gasteiger partial charge in [-0.3, -0.25) is 14.3 Å². The van der Waals surface area contributed by atoms with Gasteiger partial charge in [-0.15, -0.1) is 10.2 Å². The van der Waals surface area contributed by atoms with Crippen LogP contribution in [0.3, 0.4) is 0 Å². The third kappa shape index (κ3) is 6.22. The third-order valence-corrected chi connectivity index (χ3v) is 6.52. The first kappa shape index (κ1) is 25.0. The Kier molecular flexibility index (Phi) is 8.30. The smallest absolute Gasteiger partial charge is 0.240 e. The SMILES string of the molecule is COCCn1c(NS(=O)(=O)C(C)C(OC(C)C)c2ncc(Cl)cn2)nnc1-c1ccccn1. The molecule has 33 heavy (non-hydrogen) atoms. The molecule has 0 saturated heterocycles. The molecule has 0 fully saturated rings. The van der Waals surface area contributed by atoms with Crippen molar-refractivity contribution >= 4 is 27.6 Å². The van der Waals surface area contributed by atoms with Crippen LogP contribution in [0.2, 0.25) is 5.02 Å². The first-order chi connectivity index (χ1) is 15.7. The van der Waals surface area contributed by atoms with E-state index < -0.39 is 21.4 Å². The van der Waals surface area contributed by atoms with Gasteiger partial charge in [-0.1, -0.05) is 17.7 Å². The lowest BCUT2D eigenvalue weighted by molar-refractivity contribution is 0.00154. The van der Waals surface area contributed by atoms with Crippen molar-refractivity contribution in [2.45, 2.75) is 44.8 Å². The second-order valence-corrected chi connectivity index (χ2v) is 9.90. The molecule has 3 aromatic rings. The van der Waals surface area contributed by atoms with Crippen molar-refractivity contribution in [2.24, 2.45) is 0 Å². The molecule has 2 unspecified atom stereocenters. The third-order valence-electron chi connectivity index (χ3n) is 4.63. The van der Waals surface area contributed by atoms with Crippen LogP contribution in [0.1, 0.15) is 32.7 Å². The van der Waals surface area contributed by atoms with Gasteiger partial charge in [0, 0.05) is 25.7 Å². The summed E-state index contributed by atoms with van der Waals surface area (Å²) in [5, 5.41) is 7.47. The number of halogens is 1. The van der Waals surface area contributed by atoms with E-state index in [0.717, 1.165) is 0 Å². The average molecular weight is 496 g/mol. The highest BCUT2D eigenvalue weighted by Gasteiger charge is 2.35. The van der Waals surface area contributed by atoms with Crippen LogP contribution in [0.4, 0.5) is 5.95 Å². The number of methoxy groups -OCH3 is 1. The van der Waals surface area contributed by atoms with Crippen LogP contribution < -0.4 is 4.72 Å². The lowest BCUT2D eigenvalue weighted by Gasteiger charge is -2.25. The monoisotopic (exact) mass is 495 g/mol. The van der Waals surface area contributed by atoms with Crippen LogP contribution in [0.15, 0.2) is 36.8 Å². The second-order valence-electron chi connectivity index (χ2n) is 7.42. The van der Waals surface area contributed by atoms with Crippen molar-refractivity contribution in [2.75, 3.05) is 18.4 Å². The number of ether oxygens (including phenoxy) is 2. The summed E-state index contributed by atoms with van der Waals surface area (Å²) in [5.74, 6) is 0.662. The Morgan fingerprint density at radius 3 is 2.45 bits per heavy atom. The van der Waals surface area contributed by atoms with Gasteiger partial charge in [0.1, 0.15) is 17.0 Å². The van der Waals surface area contributed by atoms with Crippen molar-refractivity contribution in [3.05, 3.63) is 47.6 Å². The molecular formula is C20H26ClN7O4S. The molecule has 0 aliphatic heterocycles. The van der Waals surface area contributed by atoms with E-state index in [1.807, 2.05) is 6.07 Å². The second kappa shape index (κ2) is 11.0. The van der Waals surface area contributed by atoms with Crippen molar-refractivity contribution < 1.29 is 17.9 Å². The molecule has 0 bridgehead atoms. The van der Waals surface area contributed by atoms with E-state index >= 15 is 0 Å². The molecule has 11 nitrogen and oxygen atoms in total. The van der Waals surface area contributed by atoms with Gasteiger partial charge in [0.25, 0.3) is 0 Å². The van der Waals surface area contributed by atoms with Gasteiger partial charge < -0.3 is 9.47 Å². The fourth-order valence-electron chi connectivity index (χ4n) is 2.98.